The third-order valence-electron chi connectivity index (χ3n) is 4.97. The highest BCUT2D eigenvalue weighted by Crippen LogP contribution is 2.36. The van der Waals surface area contributed by atoms with E-state index in [1.807, 2.05) is 37.3 Å². The molecule has 6 nitrogen and oxygen atoms in total. The van der Waals surface area contributed by atoms with Crippen LogP contribution in [0.15, 0.2) is 39.3 Å². The van der Waals surface area contributed by atoms with E-state index in [0.717, 1.165) is 22.7 Å². The van der Waals surface area contributed by atoms with Gasteiger partial charge >= 0.3 is 0 Å². The Kier molecular flexibility index (Phi) is 4.13. The molecule has 130 valence electrons. The second-order valence-corrected chi connectivity index (χ2v) is 6.82. The highest BCUT2D eigenvalue weighted by atomic mass is 16.5. The number of benzene rings is 1. The molecular weight excluding hydrogens is 316 g/mol. The molecule has 0 N–H and O–H groups in total. The zero-order valence-electron chi connectivity index (χ0n) is 14.8. The lowest BCUT2D eigenvalue weighted by Crippen LogP contribution is -2.30. The number of hydrogen-bond acceptors (Lipinski definition) is 6. The standard InChI is InChI=1S/C19H22N4O2/c1-12(14-9-10-14)23(3)11-16-20-21-19(24-16)17-13(2)25-22-18(17)15-7-5-4-6-8-15/h4-8,12,14H,9-11H2,1-3H3/t12-/m1/s1. The van der Waals surface area contributed by atoms with Gasteiger partial charge in [-0.05, 0) is 39.7 Å². The number of aryl methyl sites for hydroxylation is 1. The van der Waals surface area contributed by atoms with E-state index < -0.39 is 0 Å². The van der Waals surface area contributed by atoms with Gasteiger partial charge in [-0.2, -0.15) is 0 Å². The second-order valence-electron chi connectivity index (χ2n) is 6.82. The summed E-state index contributed by atoms with van der Waals surface area (Å²) < 4.78 is 11.3. The molecule has 0 bridgehead atoms. The molecule has 1 aliphatic rings. The Hall–Kier alpha value is -2.47. The van der Waals surface area contributed by atoms with Gasteiger partial charge in [0.05, 0.1) is 6.54 Å². The summed E-state index contributed by atoms with van der Waals surface area (Å²) in [6, 6.07) is 10.4. The summed E-state index contributed by atoms with van der Waals surface area (Å²) in [5.41, 5.74) is 2.46. The quantitative estimate of drug-likeness (QED) is 0.678. The van der Waals surface area contributed by atoms with Crippen LogP contribution in [-0.2, 0) is 6.54 Å². The normalized spacial score (nSPS) is 15.7. The van der Waals surface area contributed by atoms with Crippen LogP contribution in [-0.4, -0.2) is 33.3 Å². The van der Waals surface area contributed by atoms with Crippen LogP contribution in [0, 0.1) is 12.8 Å². The summed E-state index contributed by atoms with van der Waals surface area (Å²) in [5, 5.41) is 12.6. The van der Waals surface area contributed by atoms with Gasteiger partial charge in [0, 0.05) is 11.6 Å². The van der Waals surface area contributed by atoms with E-state index >= 15 is 0 Å². The molecule has 2 aromatic heterocycles. The Morgan fingerprint density at radius 2 is 1.96 bits per heavy atom. The summed E-state index contributed by atoms with van der Waals surface area (Å²) in [5.74, 6) is 2.55. The average molecular weight is 338 g/mol. The molecule has 0 radical (unpaired) electrons. The lowest BCUT2D eigenvalue weighted by molar-refractivity contribution is 0.206. The molecule has 3 aromatic rings. The SMILES string of the molecule is Cc1onc(-c2ccccc2)c1-c1nnc(CN(C)[C@H](C)C2CC2)o1. The molecule has 0 unspecified atom stereocenters. The average Bonchev–Trinajstić information content (AvgIpc) is 3.26. The molecule has 0 spiro atoms. The lowest BCUT2D eigenvalue weighted by atomic mass is 10.1. The molecule has 1 saturated carbocycles. The first kappa shape index (κ1) is 16.0. The van der Waals surface area contributed by atoms with Crippen LogP contribution < -0.4 is 0 Å². The van der Waals surface area contributed by atoms with Gasteiger partial charge < -0.3 is 8.94 Å². The number of hydrogen-bond donors (Lipinski definition) is 0. The van der Waals surface area contributed by atoms with Crippen molar-refractivity contribution in [2.45, 2.75) is 39.3 Å². The smallest absolute Gasteiger partial charge is 0.253 e. The summed E-state index contributed by atoms with van der Waals surface area (Å²) in [7, 11) is 2.10. The van der Waals surface area contributed by atoms with Crippen molar-refractivity contribution in [3.63, 3.8) is 0 Å². The van der Waals surface area contributed by atoms with Gasteiger partial charge in [-0.3, -0.25) is 4.90 Å². The maximum Gasteiger partial charge on any atom is 0.253 e. The van der Waals surface area contributed by atoms with Crippen LogP contribution >= 0.6 is 0 Å². The fourth-order valence-electron chi connectivity index (χ4n) is 3.13. The second kappa shape index (κ2) is 6.44. The van der Waals surface area contributed by atoms with E-state index in [4.69, 9.17) is 8.94 Å². The van der Waals surface area contributed by atoms with Gasteiger partial charge in [0.25, 0.3) is 5.89 Å². The van der Waals surface area contributed by atoms with Gasteiger partial charge in [-0.25, -0.2) is 0 Å². The molecule has 0 amide bonds. The van der Waals surface area contributed by atoms with E-state index in [1.165, 1.54) is 12.8 Å². The van der Waals surface area contributed by atoms with Crippen LogP contribution in [0.1, 0.15) is 31.4 Å². The van der Waals surface area contributed by atoms with Gasteiger partial charge in [0.15, 0.2) is 0 Å². The molecule has 6 heteroatoms. The topological polar surface area (TPSA) is 68.2 Å². The first-order valence-electron chi connectivity index (χ1n) is 8.68. The van der Waals surface area contributed by atoms with Crippen molar-refractivity contribution in [1.82, 2.24) is 20.3 Å². The van der Waals surface area contributed by atoms with Crippen molar-refractivity contribution in [1.29, 1.82) is 0 Å². The molecule has 1 aliphatic carbocycles. The van der Waals surface area contributed by atoms with E-state index in [1.54, 1.807) is 0 Å². The Labute approximate surface area is 146 Å². The maximum atomic E-state index is 5.93. The zero-order valence-corrected chi connectivity index (χ0v) is 14.8. The van der Waals surface area contributed by atoms with Crippen molar-refractivity contribution < 1.29 is 8.94 Å². The Bertz CT molecular complexity index is 851. The molecule has 1 fully saturated rings. The van der Waals surface area contributed by atoms with Crippen molar-refractivity contribution >= 4 is 0 Å². The largest absolute Gasteiger partial charge is 0.419 e. The molecule has 2 heterocycles. The van der Waals surface area contributed by atoms with Crippen molar-refractivity contribution in [3.05, 3.63) is 42.0 Å². The molecule has 0 aliphatic heterocycles. The first-order valence-corrected chi connectivity index (χ1v) is 8.68. The number of nitrogens with zero attached hydrogens (tertiary/aromatic N) is 4. The molecule has 25 heavy (non-hydrogen) atoms. The molecule has 0 saturated heterocycles. The predicted molar refractivity (Wildman–Crippen MR) is 93.6 cm³/mol. The van der Waals surface area contributed by atoms with Crippen LogP contribution in [0.2, 0.25) is 0 Å². The Balaban J connectivity index is 1.59. The highest BCUT2D eigenvalue weighted by molar-refractivity contribution is 5.77. The minimum absolute atomic E-state index is 0.458. The lowest BCUT2D eigenvalue weighted by Gasteiger charge is -2.22. The third-order valence-corrected chi connectivity index (χ3v) is 4.97. The van der Waals surface area contributed by atoms with Gasteiger partial charge in [0.2, 0.25) is 5.89 Å². The summed E-state index contributed by atoms with van der Waals surface area (Å²) in [6.45, 7) is 4.77. The number of aromatic nitrogens is 3. The van der Waals surface area contributed by atoms with Crippen LogP contribution in [0.5, 0.6) is 0 Å². The summed E-state index contributed by atoms with van der Waals surface area (Å²) >= 11 is 0. The van der Waals surface area contributed by atoms with Gasteiger partial charge in [-0.1, -0.05) is 35.5 Å². The maximum absolute atomic E-state index is 5.93. The third kappa shape index (κ3) is 3.22. The zero-order chi connectivity index (χ0) is 17.4. The minimum atomic E-state index is 0.458. The van der Waals surface area contributed by atoms with Crippen LogP contribution in [0.25, 0.3) is 22.7 Å². The van der Waals surface area contributed by atoms with Crippen molar-refractivity contribution in [3.8, 4) is 22.7 Å². The summed E-state index contributed by atoms with van der Waals surface area (Å²) in [4.78, 5) is 2.27. The molecule has 1 atom stereocenters. The van der Waals surface area contributed by atoms with E-state index in [0.29, 0.717) is 30.1 Å². The van der Waals surface area contributed by atoms with Crippen LogP contribution in [0.4, 0.5) is 0 Å². The van der Waals surface area contributed by atoms with E-state index in [-0.39, 0.29) is 0 Å². The predicted octanol–water partition coefficient (Wildman–Crippen LogP) is 3.93. The highest BCUT2D eigenvalue weighted by Gasteiger charge is 2.31. The molecule has 4 rings (SSSR count). The monoisotopic (exact) mass is 338 g/mol. The number of rotatable bonds is 6. The Morgan fingerprint density at radius 3 is 2.68 bits per heavy atom. The van der Waals surface area contributed by atoms with Crippen molar-refractivity contribution in [2.24, 2.45) is 5.92 Å². The Morgan fingerprint density at radius 1 is 1.20 bits per heavy atom. The first-order chi connectivity index (χ1) is 12.1. The van der Waals surface area contributed by atoms with Crippen LogP contribution in [0.3, 0.4) is 0 Å². The fraction of sp³-hybridized carbons (Fsp3) is 0.421. The molecular formula is C19H22N4O2. The summed E-state index contributed by atoms with van der Waals surface area (Å²) in [6.07, 6.45) is 2.64. The van der Waals surface area contributed by atoms with E-state index in [2.05, 4.69) is 34.2 Å². The van der Waals surface area contributed by atoms with Gasteiger partial charge in [-0.15, -0.1) is 10.2 Å². The van der Waals surface area contributed by atoms with E-state index in [9.17, 15) is 0 Å². The minimum Gasteiger partial charge on any atom is -0.419 e. The van der Waals surface area contributed by atoms with Crippen molar-refractivity contribution in [2.75, 3.05) is 7.05 Å². The van der Waals surface area contributed by atoms with Gasteiger partial charge in [0.1, 0.15) is 17.0 Å². The fourth-order valence-corrected chi connectivity index (χ4v) is 3.13. The molecule has 1 aromatic carbocycles.